The van der Waals surface area contributed by atoms with Crippen molar-refractivity contribution in [2.75, 3.05) is 37.3 Å². The molecule has 3 aliphatic rings. The van der Waals surface area contributed by atoms with Gasteiger partial charge in [-0.2, -0.15) is 0 Å². The zero-order valence-electron chi connectivity index (χ0n) is 16.3. The fraction of sp³-hybridized carbons (Fsp3) is 0.714. The minimum Gasteiger partial charge on any atom is -0.384 e. The molecule has 4 rings (SSSR count). The van der Waals surface area contributed by atoms with Gasteiger partial charge in [0, 0.05) is 25.4 Å². The van der Waals surface area contributed by atoms with Gasteiger partial charge in [0.25, 0.3) is 0 Å². The summed E-state index contributed by atoms with van der Waals surface area (Å²) in [6, 6.07) is 8.83. The van der Waals surface area contributed by atoms with Gasteiger partial charge in [-0.25, -0.2) is 8.42 Å². The SMILES string of the molecule is COCCS(=O)(=O)Nc1cccc(C23CCCC(C2)N(CC2CC2)CC3)c1. The molecule has 6 heteroatoms. The number of benzene rings is 1. The number of nitrogens with zero attached hydrogens (tertiary/aromatic N) is 1. The van der Waals surface area contributed by atoms with E-state index in [0.29, 0.717) is 11.7 Å². The van der Waals surface area contributed by atoms with Crippen molar-refractivity contribution in [3.8, 4) is 0 Å². The summed E-state index contributed by atoms with van der Waals surface area (Å²) < 4.78 is 32.1. The van der Waals surface area contributed by atoms with E-state index in [4.69, 9.17) is 4.74 Å². The number of likely N-dealkylation sites (tertiary alicyclic amines) is 1. The molecule has 0 amide bonds. The number of fused-ring (bicyclic) bond motifs is 2. The number of sulfonamides is 1. The first-order chi connectivity index (χ1) is 13.0. The molecule has 0 spiro atoms. The molecule has 0 aromatic heterocycles. The lowest BCUT2D eigenvalue weighted by Crippen LogP contribution is -2.52. The van der Waals surface area contributed by atoms with Crippen molar-refractivity contribution >= 4 is 15.7 Å². The largest absolute Gasteiger partial charge is 0.384 e. The van der Waals surface area contributed by atoms with E-state index in [1.54, 1.807) is 0 Å². The number of methoxy groups -OCH3 is 1. The van der Waals surface area contributed by atoms with Crippen molar-refractivity contribution in [3.63, 3.8) is 0 Å². The molecule has 2 aliphatic carbocycles. The second-order valence-electron chi connectivity index (χ2n) is 8.71. The zero-order valence-corrected chi connectivity index (χ0v) is 17.1. The monoisotopic (exact) mass is 392 g/mol. The summed E-state index contributed by atoms with van der Waals surface area (Å²) >= 11 is 0. The van der Waals surface area contributed by atoms with Gasteiger partial charge < -0.3 is 9.64 Å². The van der Waals surface area contributed by atoms with E-state index < -0.39 is 10.0 Å². The van der Waals surface area contributed by atoms with E-state index in [1.165, 1.54) is 70.7 Å². The molecule has 1 aliphatic heterocycles. The molecule has 1 aromatic rings. The highest BCUT2D eigenvalue weighted by Gasteiger charge is 2.44. The fourth-order valence-corrected chi connectivity index (χ4v) is 6.00. The van der Waals surface area contributed by atoms with Gasteiger partial charge in [-0.3, -0.25) is 4.72 Å². The third-order valence-electron chi connectivity index (χ3n) is 6.71. The van der Waals surface area contributed by atoms with E-state index in [0.717, 1.165) is 5.92 Å². The smallest absolute Gasteiger partial charge is 0.234 e. The average molecular weight is 393 g/mol. The Morgan fingerprint density at radius 2 is 2.11 bits per heavy atom. The zero-order chi connectivity index (χ0) is 18.9. The first-order valence-electron chi connectivity index (χ1n) is 10.3. The van der Waals surface area contributed by atoms with E-state index in [2.05, 4.69) is 21.8 Å². The highest BCUT2D eigenvalue weighted by molar-refractivity contribution is 7.92. The Labute approximate surface area is 163 Å². The fourth-order valence-electron chi connectivity index (χ4n) is 5.03. The molecule has 2 saturated carbocycles. The predicted molar refractivity (Wildman–Crippen MR) is 109 cm³/mol. The van der Waals surface area contributed by atoms with Crippen LogP contribution in [0.25, 0.3) is 0 Å². The molecule has 2 atom stereocenters. The van der Waals surface area contributed by atoms with Crippen LogP contribution in [-0.2, 0) is 20.2 Å². The second-order valence-corrected chi connectivity index (χ2v) is 10.6. The molecule has 27 heavy (non-hydrogen) atoms. The molecular weight excluding hydrogens is 360 g/mol. The van der Waals surface area contributed by atoms with Crippen molar-refractivity contribution in [1.29, 1.82) is 0 Å². The van der Waals surface area contributed by atoms with Crippen LogP contribution in [0, 0.1) is 5.92 Å². The van der Waals surface area contributed by atoms with E-state index in [1.807, 2.05) is 12.1 Å². The van der Waals surface area contributed by atoms with Gasteiger partial charge in [0.2, 0.25) is 10.0 Å². The summed E-state index contributed by atoms with van der Waals surface area (Å²) in [5, 5.41) is 0. The molecule has 1 N–H and O–H groups in total. The van der Waals surface area contributed by atoms with Crippen molar-refractivity contribution in [2.24, 2.45) is 5.92 Å². The molecule has 1 aromatic carbocycles. The Hall–Kier alpha value is -1.11. The third-order valence-corrected chi connectivity index (χ3v) is 7.96. The lowest BCUT2D eigenvalue weighted by atomic mass is 9.63. The van der Waals surface area contributed by atoms with E-state index in [-0.39, 0.29) is 17.8 Å². The minimum absolute atomic E-state index is 0.0168. The van der Waals surface area contributed by atoms with Crippen LogP contribution in [0.4, 0.5) is 5.69 Å². The Morgan fingerprint density at radius 1 is 1.26 bits per heavy atom. The Kier molecular flexibility index (Phi) is 5.50. The number of hydrogen-bond acceptors (Lipinski definition) is 4. The molecule has 2 unspecified atom stereocenters. The van der Waals surface area contributed by atoms with E-state index >= 15 is 0 Å². The van der Waals surface area contributed by atoms with Crippen LogP contribution < -0.4 is 4.72 Å². The first kappa shape index (κ1) is 19.2. The highest BCUT2D eigenvalue weighted by Crippen LogP contribution is 2.48. The Bertz CT molecular complexity index is 762. The summed E-state index contributed by atoms with van der Waals surface area (Å²) in [5.74, 6) is 0.932. The molecule has 1 saturated heterocycles. The Balaban J connectivity index is 1.49. The van der Waals surface area contributed by atoms with Crippen LogP contribution in [0.15, 0.2) is 24.3 Å². The van der Waals surface area contributed by atoms with Crippen molar-refractivity contribution in [3.05, 3.63) is 29.8 Å². The summed E-state index contributed by atoms with van der Waals surface area (Å²) in [6.07, 6.45) is 9.06. The second kappa shape index (κ2) is 7.72. The number of rotatable bonds is 8. The van der Waals surface area contributed by atoms with Crippen LogP contribution in [0.5, 0.6) is 0 Å². The number of hydrogen-bond donors (Lipinski definition) is 1. The normalized spacial score (nSPS) is 28.9. The molecule has 3 fully saturated rings. The standard InChI is InChI=1S/C21H32N2O3S/c1-26-12-13-27(24,25)22-19-5-2-4-18(14-19)21-9-3-6-20(15-21)23(11-10-21)16-17-7-8-17/h2,4-5,14,17,20,22H,3,6-13,15-16H2,1H3. The maximum Gasteiger partial charge on any atom is 0.234 e. The number of nitrogens with one attached hydrogen (secondary N) is 1. The molecule has 2 bridgehead atoms. The molecular formula is C21H32N2O3S. The number of ether oxygens (including phenoxy) is 1. The van der Waals surface area contributed by atoms with E-state index in [9.17, 15) is 8.42 Å². The summed E-state index contributed by atoms with van der Waals surface area (Å²) in [4.78, 5) is 2.74. The molecule has 1 heterocycles. The van der Waals surface area contributed by atoms with Crippen LogP contribution >= 0.6 is 0 Å². The van der Waals surface area contributed by atoms with Crippen LogP contribution in [-0.4, -0.2) is 51.9 Å². The molecule has 150 valence electrons. The first-order valence-corrected chi connectivity index (χ1v) is 12.0. The van der Waals surface area contributed by atoms with Gasteiger partial charge in [-0.05, 0) is 74.1 Å². The van der Waals surface area contributed by atoms with Gasteiger partial charge in [0.15, 0.2) is 0 Å². The van der Waals surface area contributed by atoms with Gasteiger partial charge in [0.05, 0.1) is 12.4 Å². The lowest BCUT2D eigenvalue weighted by molar-refractivity contribution is 0.0483. The summed E-state index contributed by atoms with van der Waals surface area (Å²) in [6.45, 7) is 2.68. The maximum atomic E-state index is 12.2. The van der Waals surface area contributed by atoms with Crippen molar-refractivity contribution in [1.82, 2.24) is 4.90 Å². The molecule has 0 radical (unpaired) electrons. The van der Waals surface area contributed by atoms with Gasteiger partial charge in [-0.15, -0.1) is 0 Å². The van der Waals surface area contributed by atoms with Crippen LogP contribution in [0.3, 0.4) is 0 Å². The third kappa shape index (κ3) is 4.49. The van der Waals surface area contributed by atoms with Gasteiger partial charge in [0.1, 0.15) is 0 Å². The van der Waals surface area contributed by atoms with Crippen molar-refractivity contribution in [2.45, 2.75) is 56.4 Å². The van der Waals surface area contributed by atoms with Gasteiger partial charge >= 0.3 is 0 Å². The lowest BCUT2D eigenvalue weighted by Gasteiger charge is -2.51. The highest BCUT2D eigenvalue weighted by atomic mass is 32.2. The topological polar surface area (TPSA) is 58.6 Å². The van der Waals surface area contributed by atoms with Crippen LogP contribution in [0.1, 0.15) is 50.5 Å². The summed E-state index contributed by atoms with van der Waals surface area (Å²) in [5.41, 5.74) is 2.21. The minimum atomic E-state index is -3.37. The number of anilines is 1. The maximum absolute atomic E-state index is 12.2. The van der Waals surface area contributed by atoms with Crippen LogP contribution in [0.2, 0.25) is 0 Å². The summed E-state index contributed by atoms with van der Waals surface area (Å²) in [7, 11) is -1.85. The quantitative estimate of drug-likeness (QED) is 0.737. The average Bonchev–Trinajstić information content (AvgIpc) is 3.47. The molecule has 5 nitrogen and oxygen atoms in total. The predicted octanol–water partition coefficient (Wildman–Crippen LogP) is 3.37. The van der Waals surface area contributed by atoms with Gasteiger partial charge in [-0.1, -0.05) is 18.6 Å². The Morgan fingerprint density at radius 3 is 2.89 bits per heavy atom. The van der Waals surface area contributed by atoms with Crippen molar-refractivity contribution < 1.29 is 13.2 Å². The number of piperidine rings is 1.